The predicted octanol–water partition coefficient (Wildman–Crippen LogP) is 2.30. The van der Waals surface area contributed by atoms with Crippen LogP contribution in [0.25, 0.3) is 0 Å². The van der Waals surface area contributed by atoms with Crippen LogP contribution in [0.15, 0.2) is 0 Å². The quantitative estimate of drug-likeness (QED) is 0.224. The van der Waals surface area contributed by atoms with Crippen LogP contribution >= 0.6 is 0 Å². The predicted molar refractivity (Wildman–Crippen MR) is 96.0 cm³/mol. The molecule has 0 aliphatic rings. The Morgan fingerprint density at radius 3 is 1.84 bits per heavy atom. The van der Waals surface area contributed by atoms with Crippen molar-refractivity contribution < 1.29 is 29.3 Å². The molecule has 1 radical (unpaired) electrons. The number of hydrogen-bond acceptors (Lipinski definition) is 6. The monoisotopic (exact) mass is 367 g/mol. The van der Waals surface area contributed by atoms with Crippen LogP contribution in [0.5, 0.6) is 0 Å². The molecule has 2 unspecified atom stereocenters. The van der Waals surface area contributed by atoms with E-state index in [1.807, 2.05) is 0 Å². The summed E-state index contributed by atoms with van der Waals surface area (Å²) < 4.78 is 4.50. The number of carbonyl (C=O) groups excluding carboxylic acids is 3. The molecular weight excluding hydrogens is 335 g/mol. The second-order valence-electron chi connectivity index (χ2n) is 6.45. The minimum Gasteiger partial charge on any atom is -0.391 e. The number of aliphatic hydroxyl groups excluding tert-OH is 1. The number of Topliss-reactive ketones (excluding diaryl/α,β-unsaturated/α-hetero) is 1. The van der Waals surface area contributed by atoms with Gasteiger partial charge < -0.3 is 14.9 Å². The summed E-state index contributed by atoms with van der Waals surface area (Å²) in [7, 11) is 0. The van der Waals surface area contributed by atoms with E-state index in [2.05, 4.69) is 11.7 Å². The molecule has 2 N–H and O–H groups in total. The summed E-state index contributed by atoms with van der Waals surface area (Å²) >= 11 is 0. The molecule has 0 aromatic rings. The van der Waals surface area contributed by atoms with Crippen molar-refractivity contribution in [2.75, 3.05) is 0 Å². The van der Waals surface area contributed by atoms with Gasteiger partial charge in [-0.3, -0.25) is 9.59 Å². The zero-order valence-corrected chi connectivity index (χ0v) is 18.2. The topological polar surface area (TPSA) is 101 Å². The molecule has 0 amide bonds. The molecule has 0 bridgehead atoms. The van der Waals surface area contributed by atoms with Crippen molar-refractivity contribution in [3.8, 4) is 0 Å². The van der Waals surface area contributed by atoms with E-state index in [0.717, 1.165) is 33.1 Å². The molecule has 141 valence electrons. The van der Waals surface area contributed by atoms with Gasteiger partial charge in [0.2, 0.25) is 11.4 Å². The van der Waals surface area contributed by atoms with E-state index in [-0.39, 0.29) is 36.0 Å². The van der Waals surface area contributed by atoms with Gasteiger partial charge in [0.15, 0.2) is 0 Å². The second kappa shape index (κ2) is 14.9. The SMILES string of the molecule is CCCCCCCCCCCC(=O)OC(=O)C(C)(O)C(=O)C(C)O.[Na]. The minimum absolute atomic E-state index is 0. The molecule has 0 fully saturated rings. The number of unbranched alkanes of at least 4 members (excludes halogenated alkanes) is 8. The Morgan fingerprint density at radius 2 is 1.40 bits per heavy atom. The summed E-state index contributed by atoms with van der Waals surface area (Å²) in [5.74, 6) is -3.20. The van der Waals surface area contributed by atoms with E-state index in [1.54, 1.807) is 0 Å². The smallest absolute Gasteiger partial charge is 0.353 e. The normalized spacial score (nSPS) is 14.1. The minimum atomic E-state index is -2.51. The number of ether oxygens (including phenoxy) is 1. The third-order valence-corrected chi connectivity index (χ3v) is 3.95. The van der Waals surface area contributed by atoms with Gasteiger partial charge in [0, 0.05) is 36.0 Å². The van der Waals surface area contributed by atoms with Gasteiger partial charge in [0.05, 0.1) is 0 Å². The fraction of sp³-hybridized carbons (Fsp3) is 0.833. The molecular formula is C18H32NaO6. The van der Waals surface area contributed by atoms with Crippen molar-refractivity contribution in [2.24, 2.45) is 0 Å². The molecule has 0 saturated carbocycles. The van der Waals surface area contributed by atoms with Crippen molar-refractivity contribution in [1.82, 2.24) is 0 Å². The Balaban J connectivity index is 0. The van der Waals surface area contributed by atoms with Gasteiger partial charge in [-0.2, -0.15) is 0 Å². The van der Waals surface area contributed by atoms with Crippen LogP contribution in [0, 0.1) is 0 Å². The Bertz CT molecular complexity index is 406. The van der Waals surface area contributed by atoms with Gasteiger partial charge in [0.1, 0.15) is 6.10 Å². The number of esters is 2. The average Bonchev–Trinajstić information content (AvgIpc) is 2.52. The van der Waals surface area contributed by atoms with Crippen LogP contribution in [0.1, 0.15) is 85.0 Å². The average molecular weight is 367 g/mol. The van der Waals surface area contributed by atoms with Crippen LogP contribution in [-0.4, -0.2) is 69.2 Å². The number of aliphatic hydroxyl groups is 2. The summed E-state index contributed by atoms with van der Waals surface area (Å²) in [5.41, 5.74) is -2.51. The van der Waals surface area contributed by atoms with Gasteiger partial charge in [-0.25, -0.2) is 4.79 Å². The summed E-state index contributed by atoms with van der Waals surface area (Å²) in [4.78, 5) is 34.7. The molecule has 0 aliphatic heterocycles. The standard InChI is InChI=1S/C18H32O6.Na/c1-4-5-6-7-8-9-10-11-12-13-15(20)24-17(22)18(3,23)16(21)14(2)19;/h14,19,23H,4-13H2,1-3H3;. The molecule has 2 atom stereocenters. The van der Waals surface area contributed by atoms with Gasteiger partial charge >= 0.3 is 11.9 Å². The first-order chi connectivity index (χ1) is 11.2. The number of rotatable bonds is 13. The van der Waals surface area contributed by atoms with Crippen molar-refractivity contribution in [2.45, 2.75) is 96.7 Å². The Morgan fingerprint density at radius 1 is 0.960 bits per heavy atom. The third-order valence-electron chi connectivity index (χ3n) is 3.95. The second-order valence-corrected chi connectivity index (χ2v) is 6.45. The fourth-order valence-electron chi connectivity index (χ4n) is 2.34. The van der Waals surface area contributed by atoms with Gasteiger partial charge in [-0.05, 0) is 20.3 Å². The zero-order chi connectivity index (χ0) is 18.6. The van der Waals surface area contributed by atoms with E-state index in [4.69, 9.17) is 5.11 Å². The maximum Gasteiger partial charge on any atom is 0.353 e. The van der Waals surface area contributed by atoms with Crippen molar-refractivity contribution in [1.29, 1.82) is 0 Å². The summed E-state index contributed by atoms with van der Waals surface area (Å²) in [6.45, 7) is 4.23. The van der Waals surface area contributed by atoms with Crippen LogP contribution in [0.3, 0.4) is 0 Å². The van der Waals surface area contributed by atoms with E-state index < -0.39 is 29.4 Å². The van der Waals surface area contributed by atoms with E-state index >= 15 is 0 Å². The number of ketones is 1. The fourth-order valence-corrected chi connectivity index (χ4v) is 2.34. The van der Waals surface area contributed by atoms with Crippen LogP contribution < -0.4 is 0 Å². The zero-order valence-electron chi connectivity index (χ0n) is 16.2. The van der Waals surface area contributed by atoms with E-state index in [1.165, 1.54) is 32.1 Å². The largest absolute Gasteiger partial charge is 0.391 e. The Hall–Kier alpha value is -0.270. The van der Waals surface area contributed by atoms with Gasteiger partial charge in [0.25, 0.3) is 0 Å². The summed E-state index contributed by atoms with van der Waals surface area (Å²) in [6.07, 6.45) is 8.44. The first-order valence-corrected chi connectivity index (χ1v) is 8.93. The van der Waals surface area contributed by atoms with Gasteiger partial charge in [-0.15, -0.1) is 0 Å². The maximum atomic E-state index is 11.7. The van der Waals surface area contributed by atoms with Gasteiger partial charge in [-0.1, -0.05) is 58.3 Å². The maximum absolute atomic E-state index is 11.7. The molecule has 7 heteroatoms. The molecule has 0 heterocycles. The molecule has 0 aromatic carbocycles. The van der Waals surface area contributed by atoms with Crippen LogP contribution in [0.4, 0.5) is 0 Å². The molecule has 0 aliphatic carbocycles. The molecule has 0 saturated heterocycles. The van der Waals surface area contributed by atoms with E-state index in [9.17, 15) is 19.5 Å². The summed E-state index contributed by atoms with van der Waals surface area (Å²) in [5, 5.41) is 18.9. The first-order valence-electron chi connectivity index (χ1n) is 8.93. The first kappa shape index (κ1) is 27.0. The molecule has 25 heavy (non-hydrogen) atoms. The molecule has 0 aromatic heterocycles. The van der Waals surface area contributed by atoms with Crippen molar-refractivity contribution in [3.63, 3.8) is 0 Å². The summed E-state index contributed by atoms with van der Waals surface area (Å²) in [6, 6.07) is 0. The molecule has 0 rings (SSSR count). The molecule has 6 nitrogen and oxygen atoms in total. The van der Waals surface area contributed by atoms with Crippen LogP contribution in [0.2, 0.25) is 0 Å². The number of hydrogen-bond donors (Lipinski definition) is 2. The van der Waals surface area contributed by atoms with Crippen molar-refractivity contribution >= 4 is 47.3 Å². The number of carbonyl (C=O) groups is 3. The molecule has 0 spiro atoms. The Kier molecular flexibility index (Phi) is 16.0. The van der Waals surface area contributed by atoms with Crippen molar-refractivity contribution in [3.05, 3.63) is 0 Å². The van der Waals surface area contributed by atoms with E-state index in [0.29, 0.717) is 6.42 Å². The Labute approximate surface area is 173 Å². The van der Waals surface area contributed by atoms with Crippen LogP contribution in [-0.2, 0) is 19.1 Å². The third kappa shape index (κ3) is 11.9.